The largest absolute Gasteiger partial charge is 0.489 e. The van der Waals surface area contributed by atoms with E-state index in [4.69, 9.17) is 4.74 Å². The van der Waals surface area contributed by atoms with Crippen LogP contribution in [0.3, 0.4) is 0 Å². The van der Waals surface area contributed by atoms with E-state index in [9.17, 15) is 4.79 Å². The van der Waals surface area contributed by atoms with Crippen LogP contribution in [0.4, 0.5) is 5.69 Å². The Balaban J connectivity index is 2.20. The molecular weight excluding hydrogens is 190 g/mol. The number of carbonyl (C=O) groups is 1. The Hall–Kier alpha value is -1.77. The van der Waals surface area contributed by atoms with Crippen LogP contribution in [0.2, 0.25) is 0 Å². The predicted molar refractivity (Wildman–Crippen MR) is 59.1 cm³/mol. The second-order valence-corrected chi connectivity index (χ2v) is 3.47. The molecule has 0 unspecified atom stereocenters. The van der Waals surface area contributed by atoms with Crippen molar-refractivity contribution in [2.75, 3.05) is 11.9 Å². The van der Waals surface area contributed by atoms with Crippen molar-refractivity contribution in [3.05, 3.63) is 36.4 Å². The van der Waals surface area contributed by atoms with Crippen LogP contribution < -0.4 is 10.1 Å². The van der Waals surface area contributed by atoms with E-state index in [0.717, 1.165) is 17.9 Å². The van der Waals surface area contributed by atoms with Crippen molar-refractivity contribution in [3.63, 3.8) is 0 Å². The molecule has 0 bridgehead atoms. The maximum atomic E-state index is 11.2. The minimum absolute atomic E-state index is 0.0726. The van der Waals surface area contributed by atoms with Gasteiger partial charge in [-0.05, 0) is 18.1 Å². The third-order valence-electron chi connectivity index (χ3n) is 2.34. The first-order valence-electron chi connectivity index (χ1n) is 4.96. The van der Waals surface area contributed by atoms with E-state index in [0.29, 0.717) is 13.0 Å². The molecule has 3 heteroatoms. The van der Waals surface area contributed by atoms with E-state index < -0.39 is 0 Å². The number of ether oxygens (including phenoxy) is 1. The Labute approximate surface area is 88.8 Å². The molecule has 1 aromatic carbocycles. The van der Waals surface area contributed by atoms with Gasteiger partial charge in [-0.25, -0.2) is 0 Å². The summed E-state index contributed by atoms with van der Waals surface area (Å²) >= 11 is 0. The van der Waals surface area contributed by atoms with E-state index in [-0.39, 0.29) is 5.91 Å². The lowest BCUT2D eigenvalue weighted by Gasteiger charge is -2.17. The second-order valence-electron chi connectivity index (χ2n) is 3.47. The van der Waals surface area contributed by atoms with Crippen molar-refractivity contribution in [2.45, 2.75) is 12.8 Å². The molecule has 15 heavy (non-hydrogen) atoms. The highest BCUT2D eigenvalue weighted by molar-refractivity contribution is 5.94. The number of benzene rings is 1. The van der Waals surface area contributed by atoms with Gasteiger partial charge in [-0.2, -0.15) is 0 Å². The molecule has 1 aliphatic rings. The van der Waals surface area contributed by atoms with E-state index >= 15 is 0 Å². The molecule has 0 spiro atoms. The maximum absolute atomic E-state index is 11.2. The number of rotatable bonds is 3. The van der Waals surface area contributed by atoms with Gasteiger partial charge in [0.15, 0.2) is 0 Å². The summed E-state index contributed by atoms with van der Waals surface area (Å²) < 4.78 is 5.39. The number of hydrogen-bond acceptors (Lipinski definition) is 2. The van der Waals surface area contributed by atoms with Gasteiger partial charge in [-0.1, -0.05) is 18.7 Å². The first kappa shape index (κ1) is 9.77. The number of carbonyl (C=O) groups excluding carboxylic acids is 1. The van der Waals surface area contributed by atoms with Crippen molar-refractivity contribution in [1.29, 1.82) is 0 Å². The number of hydrogen-bond donors (Lipinski definition) is 1. The molecule has 0 saturated carbocycles. The maximum Gasteiger partial charge on any atom is 0.224 e. The van der Waals surface area contributed by atoms with Crippen molar-refractivity contribution in [2.24, 2.45) is 0 Å². The molecule has 78 valence electrons. The summed E-state index contributed by atoms with van der Waals surface area (Å²) in [4.78, 5) is 11.2. The topological polar surface area (TPSA) is 38.3 Å². The first-order chi connectivity index (χ1) is 7.29. The number of amides is 1. The lowest BCUT2D eigenvalue weighted by atomic mass is 10.0. The lowest BCUT2D eigenvalue weighted by Crippen LogP contribution is -2.18. The van der Waals surface area contributed by atoms with Crippen molar-refractivity contribution < 1.29 is 9.53 Å². The first-order valence-corrected chi connectivity index (χ1v) is 4.96. The standard InChI is InChI=1S/C12H13NO2/c1-2-7-15-10-5-3-9-4-6-12(14)13-11(9)8-10/h2-3,5,8H,1,4,6-7H2,(H,13,14). The Bertz CT molecular complexity index is 399. The second kappa shape index (κ2) is 4.17. The summed E-state index contributed by atoms with van der Waals surface area (Å²) in [7, 11) is 0. The minimum Gasteiger partial charge on any atom is -0.489 e. The monoisotopic (exact) mass is 203 g/mol. The van der Waals surface area contributed by atoms with Gasteiger partial charge in [-0.3, -0.25) is 4.79 Å². The van der Waals surface area contributed by atoms with Gasteiger partial charge in [0, 0.05) is 18.2 Å². The predicted octanol–water partition coefficient (Wildman–Crippen LogP) is 2.14. The van der Waals surface area contributed by atoms with Crippen LogP contribution in [0, 0.1) is 0 Å². The summed E-state index contributed by atoms with van der Waals surface area (Å²) in [5.41, 5.74) is 2.04. The molecule has 0 saturated heterocycles. The highest BCUT2D eigenvalue weighted by atomic mass is 16.5. The summed E-state index contributed by atoms with van der Waals surface area (Å²) in [6, 6.07) is 5.77. The van der Waals surface area contributed by atoms with Crippen LogP contribution >= 0.6 is 0 Å². The molecule has 1 aromatic rings. The van der Waals surface area contributed by atoms with Gasteiger partial charge in [0.2, 0.25) is 5.91 Å². The Morgan fingerprint density at radius 3 is 3.13 bits per heavy atom. The van der Waals surface area contributed by atoms with Crippen molar-refractivity contribution >= 4 is 11.6 Å². The smallest absolute Gasteiger partial charge is 0.224 e. The van der Waals surface area contributed by atoms with Gasteiger partial charge < -0.3 is 10.1 Å². The quantitative estimate of drug-likeness (QED) is 0.764. The van der Waals surface area contributed by atoms with Crippen LogP contribution in [-0.4, -0.2) is 12.5 Å². The highest BCUT2D eigenvalue weighted by Gasteiger charge is 2.14. The molecule has 0 radical (unpaired) electrons. The number of nitrogens with one attached hydrogen (secondary N) is 1. The fraction of sp³-hybridized carbons (Fsp3) is 0.250. The summed E-state index contributed by atoms with van der Waals surface area (Å²) in [6.45, 7) is 4.06. The molecule has 1 amide bonds. The zero-order valence-corrected chi connectivity index (χ0v) is 8.45. The van der Waals surface area contributed by atoms with Crippen LogP contribution in [-0.2, 0) is 11.2 Å². The fourth-order valence-corrected chi connectivity index (χ4v) is 1.60. The molecule has 3 nitrogen and oxygen atoms in total. The molecule has 1 N–H and O–H groups in total. The molecule has 1 heterocycles. The summed E-state index contributed by atoms with van der Waals surface area (Å²) in [5, 5.41) is 2.83. The molecule has 0 aliphatic carbocycles. The summed E-state index contributed by atoms with van der Waals surface area (Å²) in [5.74, 6) is 0.833. The van der Waals surface area contributed by atoms with Crippen LogP contribution in [0.5, 0.6) is 5.75 Å². The fourth-order valence-electron chi connectivity index (χ4n) is 1.60. The number of anilines is 1. The van der Waals surface area contributed by atoms with Crippen molar-refractivity contribution in [3.8, 4) is 5.75 Å². The molecule has 0 fully saturated rings. The lowest BCUT2D eigenvalue weighted by molar-refractivity contribution is -0.116. The van der Waals surface area contributed by atoms with E-state index in [2.05, 4.69) is 11.9 Å². The number of aryl methyl sites for hydroxylation is 1. The average molecular weight is 203 g/mol. The normalized spacial score (nSPS) is 14.0. The van der Waals surface area contributed by atoms with Gasteiger partial charge in [0.25, 0.3) is 0 Å². The highest BCUT2D eigenvalue weighted by Crippen LogP contribution is 2.26. The minimum atomic E-state index is 0.0726. The Kier molecular flexibility index (Phi) is 2.72. The van der Waals surface area contributed by atoms with Crippen LogP contribution in [0.15, 0.2) is 30.9 Å². The zero-order valence-electron chi connectivity index (χ0n) is 8.45. The van der Waals surface area contributed by atoms with Gasteiger partial charge in [-0.15, -0.1) is 0 Å². The average Bonchev–Trinajstić information content (AvgIpc) is 2.25. The summed E-state index contributed by atoms with van der Waals surface area (Å²) in [6.07, 6.45) is 3.07. The van der Waals surface area contributed by atoms with Gasteiger partial charge in [0.1, 0.15) is 12.4 Å². The van der Waals surface area contributed by atoms with Gasteiger partial charge in [0.05, 0.1) is 0 Å². The molecule has 1 aliphatic heterocycles. The van der Waals surface area contributed by atoms with Crippen LogP contribution in [0.1, 0.15) is 12.0 Å². The van der Waals surface area contributed by atoms with Gasteiger partial charge >= 0.3 is 0 Å². The number of fused-ring (bicyclic) bond motifs is 1. The Morgan fingerprint density at radius 1 is 1.47 bits per heavy atom. The third kappa shape index (κ3) is 2.18. The third-order valence-corrected chi connectivity index (χ3v) is 2.34. The van der Waals surface area contributed by atoms with E-state index in [1.165, 1.54) is 5.56 Å². The molecule has 2 rings (SSSR count). The SMILES string of the molecule is C=CCOc1ccc2c(c1)NC(=O)CC2. The molecule has 0 aromatic heterocycles. The van der Waals surface area contributed by atoms with Crippen LogP contribution in [0.25, 0.3) is 0 Å². The van der Waals surface area contributed by atoms with Crippen molar-refractivity contribution in [1.82, 2.24) is 0 Å². The molecule has 0 atom stereocenters. The Morgan fingerprint density at radius 2 is 2.33 bits per heavy atom. The molecular formula is C12H13NO2. The van der Waals surface area contributed by atoms with E-state index in [1.54, 1.807) is 6.08 Å². The van der Waals surface area contributed by atoms with E-state index in [1.807, 2.05) is 18.2 Å². The zero-order chi connectivity index (χ0) is 10.7.